The van der Waals surface area contributed by atoms with Crippen molar-refractivity contribution in [1.82, 2.24) is 20.4 Å². The summed E-state index contributed by atoms with van der Waals surface area (Å²) in [7, 11) is 0. The molecule has 0 spiro atoms. The Hall–Kier alpha value is -1.07. The maximum absolute atomic E-state index is 12.7. The molecule has 2 atom stereocenters. The Bertz CT molecular complexity index is 508. The van der Waals surface area contributed by atoms with Gasteiger partial charge >= 0.3 is 6.03 Å². The topological polar surface area (TPSA) is 47.6 Å². The van der Waals surface area contributed by atoms with Gasteiger partial charge in [-0.2, -0.15) is 0 Å². The second kappa shape index (κ2) is 7.67. The highest BCUT2D eigenvalue weighted by Crippen LogP contribution is 2.59. The van der Waals surface area contributed by atoms with Crippen LogP contribution in [-0.2, 0) is 0 Å². The molecule has 1 heterocycles. The summed E-state index contributed by atoms with van der Waals surface area (Å²) in [5.74, 6) is 1.51. The molecule has 0 aromatic heterocycles. The standard InChI is InChI=1S/C20H36N4O/c1-15(2)22-19(25)24(12-11-23-9-7-21-8-10-23)14-16-5-6-17-13-18(16)20(17,3)4/h5,15,17-18,21H,6-14H2,1-4H3,(H,22,25). The molecule has 2 N–H and O–H groups in total. The van der Waals surface area contributed by atoms with Crippen molar-refractivity contribution in [2.24, 2.45) is 17.3 Å². The predicted octanol–water partition coefficient (Wildman–Crippen LogP) is 2.30. The minimum Gasteiger partial charge on any atom is -0.336 e. The molecule has 3 aliphatic carbocycles. The third-order valence-electron chi connectivity index (χ3n) is 6.55. The maximum Gasteiger partial charge on any atom is 0.317 e. The van der Waals surface area contributed by atoms with Gasteiger partial charge in [-0.15, -0.1) is 0 Å². The summed E-state index contributed by atoms with van der Waals surface area (Å²) in [6, 6.07) is 0.268. The van der Waals surface area contributed by atoms with Crippen molar-refractivity contribution in [3.63, 3.8) is 0 Å². The van der Waals surface area contributed by atoms with Gasteiger partial charge in [-0.1, -0.05) is 25.5 Å². The molecule has 5 nitrogen and oxygen atoms in total. The highest BCUT2D eigenvalue weighted by Gasteiger charge is 2.51. The number of nitrogens with one attached hydrogen (secondary N) is 2. The number of fused-ring (bicyclic) bond motifs is 1. The molecule has 2 fully saturated rings. The van der Waals surface area contributed by atoms with E-state index in [-0.39, 0.29) is 12.1 Å². The van der Waals surface area contributed by atoms with E-state index in [9.17, 15) is 4.79 Å². The third-order valence-corrected chi connectivity index (χ3v) is 6.55. The zero-order chi connectivity index (χ0) is 18.0. The first-order valence-corrected chi connectivity index (χ1v) is 10.1. The zero-order valence-electron chi connectivity index (χ0n) is 16.5. The highest BCUT2D eigenvalue weighted by atomic mass is 16.2. The average molecular weight is 349 g/mol. The van der Waals surface area contributed by atoms with Gasteiger partial charge < -0.3 is 15.5 Å². The number of piperazine rings is 1. The smallest absolute Gasteiger partial charge is 0.317 e. The predicted molar refractivity (Wildman–Crippen MR) is 103 cm³/mol. The van der Waals surface area contributed by atoms with E-state index in [2.05, 4.69) is 35.5 Å². The summed E-state index contributed by atoms with van der Waals surface area (Å²) >= 11 is 0. The Morgan fingerprint density at radius 2 is 2.12 bits per heavy atom. The zero-order valence-corrected chi connectivity index (χ0v) is 16.5. The monoisotopic (exact) mass is 348 g/mol. The van der Waals surface area contributed by atoms with Crippen LogP contribution in [0.15, 0.2) is 11.6 Å². The molecule has 0 aromatic rings. The Morgan fingerprint density at radius 3 is 2.72 bits per heavy atom. The van der Waals surface area contributed by atoms with Crippen LogP contribution in [0.5, 0.6) is 0 Å². The first-order chi connectivity index (χ1) is 11.9. The van der Waals surface area contributed by atoms with E-state index in [1.807, 2.05) is 18.7 Å². The summed E-state index contributed by atoms with van der Waals surface area (Å²) in [6.07, 6.45) is 4.93. The van der Waals surface area contributed by atoms with Crippen LogP contribution in [0, 0.1) is 17.3 Å². The van der Waals surface area contributed by atoms with Crippen molar-refractivity contribution < 1.29 is 4.79 Å². The molecular weight excluding hydrogens is 312 g/mol. The number of rotatable bonds is 6. The first-order valence-electron chi connectivity index (χ1n) is 10.1. The Kier molecular flexibility index (Phi) is 5.74. The number of urea groups is 1. The molecule has 1 saturated heterocycles. The van der Waals surface area contributed by atoms with E-state index in [1.54, 1.807) is 0 Å². The minimum absolute atomic E-state index is 0.0882. The van der Waals surface area contributed by atoms with Gasteiger partial charge in [0.25, 0.3) is 0 Å². The van der Waals surface area contributed by atoms with Crippen molar-refractivity contribution in [2.75, 3.05) is 45.8 Å². The van der Waals surface area contributed by atoms with Gasteiger partial charge in [0.15, 0.2) is 0 Å². The lowest BCUT2D eigenvalue weighted by Crippen LogP contribution is -2.53. The van der Waals surface area contributed by atoms with E-state index in [0.717, 1.165) is 51.7 Å². The number of nitrogens with zero attached hydrogens (tertiary/aromatic N) is 2. The van der Waals surface area contributed by atoms with Crippen LogP contribution < -0.4 is 10.6 Å². The number of hydrogen-bond acceptors (Lipinski definition) is 3. The van der Waals surface area contributed by atoms with Gasteiger partial charge in [-0.05, 0) is 43.9 Å². The van der Waals surface area contributed by atoms with E-state index in [0.29, 0.717) is 11.3 Å². The van der Waals surface area contributed by atoms with Gasteiger partial charge in [0.05, 0.1) is 0 Å². The van der Waals surface area contributed by atoms with Gasteiger partial charge in [-0.25, -0.2) is 4.79 Å². The van der Waals surface area contributed by atoms with Gasteiger partial charge in [0, 0.05) is 51.9 Å². The Balaban J connectivity index is 1.61. The number of amides is 2. The number of carbonyl (C=O) groups excluding carboxylic acids is 1. The van der Waals surface area contributed by atoms with Gasteiger partial charge in [0.2, 0.25) is 0 Å². The van der Waals surface area contributed by atoms with Crippen LogP contribution >= 0.6 is 0 Å². The van der Waals surface area contributed by atoms with E-state index in [1.165, 1.54) is 18.4 Å². The van der Waals surface area contributed by atoms with Crippen molar-refractivity contribution in [3.8, 4) is 0 Å². The van der Waals surface area contributed by atoms with Crippen LogP contribution in [0.25, 0.3) is 0 Å². The summed E-state index contributed by atoms with van der Waals surface area (Å²) in [6.45, 7) is 15.7. The molecule has 0 aromatic carbocycles. The van der Waals surface area contributed by atoms with Crippen molar-refractivity contribution in [2.45, 2.75) is 46.6 Å². The summed E-state index contributed by atoms with van der Waals surface area (Å²) in [5, 5.41) is 6.49. The highest BCUT2D eigenvalue weighted by molar-refractivity contribution is 5.74. The van der Waals surface area contributed by atoms with Crippen LogP contribution in [0.1, 0.15) is 40.5 Å². The number of hydrogen-bond donors (Lipinski definition) is 2. The number of allylic oxidation sites excluding steroid dienone is 1. The van der Waals surface area contributed by atoms with E-state index >= 15 is 0 Å². The summed E-state index contributed by atoms with van der Waals surface area (Å²) in [4.78, 5) is 17.2. The van der Waals surface area contributed by atoms with Gasteiger partial charge in [0.1, 0.15) is 0 Å². The molecule has 142 valence electrons. The van der Waals surface area contributed by atoms with Crippen molar-refractivity contribution >= 4 is 6.03 Å². The van der Waals surface area contributed by atoms with Gasteiger partial charge in [-0.3, -0.25) is 4.90 Å². The minimum atomic E-state index is 0.0882. The molecule has 2 unspecified atom stereocenters. The normalized spacial score (nSPS) is 28.3. The third kappa shape index (κ3) is 4.20. The van der Waals surface area contributed by atoms with Crippen LogP contribution in [0.4, 0.5) is 4.79 Å². The van der Waals surface area contributed by atoms with E-state index in [4.69, 9.17) is 0 Å². The van der Waals surface area contributed by atoms with Crippen LogP contribution in [0.2, 0.25) is 0 Å². The molecule has 1 saturated carbocycles. The number of carbonyl (C=O) groups is 1. The summed E-state index contributed by atoms with van der Waals surface area (Å²) in [5.41, 5.74) is 1.91. The maximum atomic E-state index is 12.7. The lowest BCUT2D eigenvalue weighted by Gasteiger charge is -2.57. The molecule has 2 bridgehead atoms. The SMILES string of the molecule is CC(C)NC(=O)N(CCN1CCNCC1)CC1=CCC2CC1C2(C)C. The fourth-order valence-corrected chi connectivity index (χ4v) is 4.66. The second-order valence-corrected chi connectivity index (χ2v) is 8.94. The lowest BCUT2D eigenvalue weighted by molar-refractivity contribution is -0.00980. The molecule has 4 rings (SSSR count). The Morgan fingerprint density at radius 1 is 1.40 bits per heavy atom. The van der Waals surface area contributed by atoms with Crippen LogP contribution in [-0.4, -0.2) is 67.7 Å². The molecular formula is C20H36N4O. The lowest BCUT2D eigenvalue weighted by atomic mass is 9.49. The first kappa shape index (κ1) is 18.7. The van der Waals surface area contributed by atoms with E-state index < -0.39 is 0 Å². The molecule has 25 heavy (non-hydrogen) atoms. The quantitative estimate of drug-likeness (QED) is 0.724. The second-order valence-electron chi connectivity index (χ2n) is 8.94. The molecule has 5 heteroatoms. The molecule has 2 amide bonds. The average Bonchev–Trinajstić information content (AvgIpc) is 2.58. The van der Waals surface area contributed by atoms with Crippen LogP contribution in [0.3, 0.4) is 0 Å². The molecule has 1 aliphatic heterocycles. The summed E-state index contributed by atoms with van der Waals surface area (Å²) < 4.78 is 0. The van der Waals surface area contributed by atoms with Crippen molar-refractivity contribution in [1.29, 1.82) is 0 Å². The molecule has 4 aliphatic rings. The molecule has 0 radical (unpaired) electrons. The largest absolute Gasteiger partial charge is 0.336 e. The Labute approximate surface area is 153 Å². The van der Waals surface area contributed by atoms with Crippen molar-refractivity contribution in [3.05, 3.63) is 11.6 Å². The fourth-order valence-electron chi connectivity index (χ4n) is 4.66. The fraction of sp³-hybridized carbons (Fsp3) is 0.850.